The number of piperidine rings is 1. The molecule has 0 unspecified atom stereocenters. The first kappa shape index (κ1) is 26.2. The highest BCUT2D eigenvalue weighted by Gasteiger charge is 2.43. The van der Waals surface area contributed by atoms with E-state index >= 15 is 0 Å². The minimum atomic E-state index is -0.662. The second-order valence-electron chi connectivity index (χ2n) is 10.7. The van der Waals surface area contributed by atoms with Gasteiger partial charge in [0.25, 0.3) is 5.91 Å². The number of fused-ring (bicyclic) bond motifs is 4. The standard InChI is InChI=1S/C28H35N3O7/c32-24(30-15-26(34)31-12-11-28(36)10-4-3-5-18(28)16-31)14-29-25(33)17-37-19-8-9-21-20-6-1-2-7-22(20)27(35)38-23(21)13-19/h8-9,13,18,36H,1-7,10-12,14-17H2,(H,29,33)(H,30,32)/t18-,28-/m0/s1. The van der Waals surface area contributed by atoms with Crippen LogP contribution in [0.25, 0.3) is 11.0 Å². The van der Waals surface area contributed by atoms with Gasteiger partial charge < -0.3 is 29.8 Å². The Morgan fingerprint density at radius 3 is 2.66 bits per heavy atom. The van der Waals surface area contributed by atoms with Gasteiger partial charge in [0.2, 0.25) is 11.8 Å². The number of nitrogens with zero attached hydrogens (tertiary/aromatic N) is 1. The third-order valence-corrected chi connectivity index (χ3v) is 8.23. The van der Waals surface area contributed by atoms with Crippen LogP contribution in [0.15, 0.2) is 27.4 Å². The average molecular weight is 526 g/mol. The van der Waals surface area contributed by atoms with Gasteiger partial charge in [-0.1, -0.05) is 12.8 Å². The molecule has 3 amide bonds. The van der Waals surface area contributed by atoms with Crippen LogP contribution < -0.4 is 21.0 Å². The van der Waals surface area contributed by atoms with Crippen LogP contribution in [0.3, 0.4) is 0 Å². The van der Waals surface area contributed by atoms with E-state index in [1.54, 1.807) is 17.0 Å². The third kappa shape index (κ3) is 5.70. The van der Waals surface area contributed by atoms with Crippen LogP contribution >= 0.6 is 0 Å². The average Bonchev–Trinajstić information content (AvgIpc) is 2.93. The van der Waals surface area contributed by atoms with E-state index in [4.69, 9.17) is 9.15 Å². The molecule has 38 heavy (non-hydrogen) atoms. The second kappa shape index (κ2) is 11.1. The molecule has 204 valence electrons. The maximum atomic E-state index is 12.6. The van der Waals surface area contributed by atoms with Gasteiger partial charge in [-0.3, -0.25) is 14.4 Å². The number of likely N-dealkylation sites (tertiary alicyclic amines) is 1. The van der Waals surface area contributed by atoms with Crippen LogP contribution in [0, 0.1) is 5.92 Å². The Hall–Kier alpha value is -3.40. The van der Waals surface area contributed by atoms with E-state index in [0.29, 0.717) is 30.8 Å². The summed E-state index contributed by atoms with van der Waals surface area (Å²) in [5, 5.41) is 16.7. The highest BCUT2D eigenvalue weighted by molar-refractivity contribution is 5.88. The Balaban J connectivity index is 1.05. The van der Waals surface area contributed by atoms with Crippen LogP contribution in [0.2, 0.25) is 0 Å². The number of hydrogen-bond donors (Lipinski definition) is 3. The first-order valence-electron chi connectivity index (χ1n) is 13.6. The van der Waals surface area contributed by atoms with Gasteiger partial charge >= 0.3 is 5.63 Å². The van der Waals surface area contributed by atoms with Crippen molar-refractivity contribution < 1.29 is 28.6 Å². The number of carbonyl (C=O) groups excluding carboxylic acids is 3. The number of rotatable bonds is 7. The van der Waals surface area contributed by atoms with Gasteiger partial charge in [-0.05, 0) is 62.6 Å². The van der Waals surface area contributed by atoms with E-state index in [-0.39, 0.29) is 37.1 Å². The smallest absolute Gasteiger partial charge is 0.339 e. The Kier molecular flexibility index (Phi) is 7.69. The van der Waals surface area contributed by atoms with Crippen LogP contribution in [-0.4, -0.2) is 66.1 Å². The Bertz CT molecular complexity index is 1290. The van der Waals surface area contributed by atoms with Crippen molar-refractivity contribution in [2.75, 3.05) is 32.8 Å². The summed E-state index contributed by atoms with van der Waals surface area (Å²) >= 11 is 0. The first-order valence-corrected chi connectivity index (χ1v) is 13.6. The van der Waals surface area contributed by atoms with Crippen molar-refractivity contribution in [2.24, 2.45) is 5.92 Å². The number of ether oxygens (including phenoxy) is 1. The molecule has 2 atom stereocenters. The zero-order valence-corrected chi connectivity index (χ0v) is 21.6. The number of nitrogens with one attached hydrogen (secondary N) is 2. The van der Waals surface area contributed by atoms with Gasteiger partial charge in [-0.15, -0.1) is 0 Å². The predicted octanol–water partition coefficient (Wildman–Crippen LogP) is 1.44. The van der Waals surface area contributed by atoms with Crippen molar-refractivity contribution in [1.82, 2.24) is 15.5 Å². The second-order valence-corrected chi connectivity index (χ2v) is 10.7. The molecule has 0 spiro atoms. The van der Waals surface area contributed by atoms with Crippen LogP contribution in [0.4, 0.5) is 0 Å². The minimum absolute atomic E-state index is 0.0907. The lowest BCUT2D eigenvalue weighted by Crippen LogP contribution is -2.56. The number of benzene rings is 1. The predicted molar refractivity (Wildman–Crippen MR) is 139 cm³/mol. The molecule has 10 nitrogen and oxygen atoms in total. The molecule has 0 radical (unpaired) electrons. The molecular formula is C28H35N3O7. The summed E-state index contributed by atoms with van der Waals surface area (Å²) in [5.74, 6) is -0.688. The zero-order chi connectivity index (χ0) is 26.7. The minimum Gasteiger partial charge on any atom is -0.484 e. The molecule has 3 aliphatic rings. The summed E-state index contributed by atoms with van der Waals surface area (Å²) in [7, 11) is 0. The molecule has 2 fully saturated rings. The molecule has 0 bridgehead atoms. The quantitative estimate of drug-likeness (QED) is 0.465. The molecule has 2 aliphatic carbocycles. The molecule has 2 heterocycles. The molecule has 1 aromatic carbocycles. The van der Waals surface area contributed by atoms with Crippen molar-refractivity contribution >= 4 is 28.7 Å². The summed E-state index contributed by atoms with van der Waals surface area (Å²) in [4.78, 5) is 50.9. The fraction of sp³-hybridized carbons (Fsp3) is 0.571. The third-order valence-electron chi connectivity index (χ3n) is 8.23. The maximum absolute atomic E-state index is 12.6. The fourth-order valence-electron chi connectivity index (χ4n) is 6.04. The lowest BCUT2D eigenvalue weighted by Gasteiger charge is -2.47. The van der Waals surface area contributed by atoms with Crippen molar-refractivity contribution in [3.05, 3.63) is 39.7 Å². The summed E-state index contributed by atoms with van der Waals surface area (Å²) in [6, 6.07) is 5.18. The zero-order valence-electron chi connectivity index (χ0n) is 21.6. The van der Waals surface area contributed by atoms with Crippen molar-refractivity contribution in [3.8, 4) is 5.75 Å². The van der Waals surface area contributed by atoms with E-state index in [0.717, 1.165) is 67.9 Å². The first-order chi connectivity index (χ1) is 18.3. The highest BCUT2D eigenvalue weighted by Crippen LogP contribution is 2.39. The molecule has 1 aromatic heterocycles. The summed E-state index contributed by atoms with van der Waals surface area (Å²) in [6.07, 6.45) is 7.96. The van der Waals surface area contributed by atoms with Gasteiger partial charge in [0.1, 0.15) is 11.3 Å². The van der Waals surface area contributed by atoms with E-state index in [9.17, 15) is 24.3 Å². The monoisotopic (exact) mass is 525 g/mol. The number of aryl methyl sites for hydroxylation is 1. The number of aliphatic hydroxyl groups is 1. The van der Waals surface area contributed by atoms with Gasteiger partial charge in [0.15, 0.2) is 6.61 Å². The topological polar surface area (TPSA) is 138 Å². The fourth-order valence-corrected chi connectivity index (χ4v) is 6.04. The van der Waals surface area contributed by atoms with Crippen molar-refractivity contribution in [1.29, 1.82) is 0 Å². The van der Waals surface area contributed by atoms with Gasteiger partial charge in [-0.25, -0.2) is 4.79 Å². The molecule has 10 heteroatoms. The lowest BCUT2D eigenvalue weighted by atomic mass is 9.71. The van der Waals surface area contributed by atoms with Gasteiger partial charge in [-0.2, -0.15) is 0 Å². The highest BCUT2D eigenvalue weighted by atomic mass is 16.5. The molecular weight excluding hydrogens is 490 g/mol. The molecule has 1 saturated carbocycles. The van der Waals surface area contributed by atoms with E-state index in [1.165, 1.54) is 0 Å². The molecule has 2 aromatic rings. The number of carbonyl (C=O) groups is 3. The molecule has 5 rings (SSSR count). The van der Waals surface area contributed by atoms with E-state index in [1.807, 2.05) is 6.07 Å². The van der Waals surface area contributed by atoms with Crippen LogP contribution in [0.5, 0.6) is 5.75 Å². The summed E-state index contributed by atoms with van der Waals surface area (Å²) < 4.78 is 11.0. The van der Waals surface area contributed by atoms with Crippen LogP contribution in [0.1, 0.15) is 56.1 Å². The normalized spacial score (nSPS) is 22.8. The molecule has 3 N–H and O–H groups in total. The van der Waals surface area contributed by atoms with E-state index < -0.39 is 17.4 Å². The lowest BCUT2D eigenvalue weighted by molar-refractivity contribution is -0.143. The number of hydrogen-bond acceptors (Lipinski definition) is 7. The van der Waals surface area contributed by atoms with E-state index in [2.05, 4.69) is 10.6 Å². The Morgan fingerprint density at radius 2 is 1.82 bits per heavy atom. The van der Waals surface area contributed by atoms with Crippen molar-refractivity contribution in [2.45, 2.75) is 63.4 Å². The molecule has 1 saturated heterocycles. The Labute approximate surface area is 220 Å². The maximum Gasteiger partial charge on any atom is 0.339 e. The van der Waals surface area contributed by atoms with Gasteiger partial charge in [0, 0.05) is 36.0 Å². The Morgan fingerprint density at radius 1 is 1.03 bits per heavy atom. The summed E-state index contributed by atoms with van der Waals surface area (Å²) in [6.45, 7) is 0.250. The number of amides is 3. The molecule has 1 aliphatic heterocycles. The summed E-state index contributed by atoms with van der Waals surface area (Å²) in [5.41, 5.74) is 1.24. The SMILES string of the molecule is O=C(CNC(=O)COc1ccc2c3c(c(=O)oc2c1)CCCC3)NCC(=O)N1CC[C@@]2(O)CCCC[C@H]2C1. The van der Waals surface area contributed by atoms with Gasteiger partial charge in [0.05, 0.1) is 18.7 Å². The largest absolute Gasteiger partial charge is 0.484 e. The van der Waals surface area contributed by atoms with Crippen molar-refractivity contribution in [3.63, 3.8) is 0 Å². The van der Waals surface area contributed by atoms with Crippen LogP contribution in [-0.2, 0) is 27.2 Å².